The minimum absolute atomic E-state index is 0.0808. The third-order valence-corrected chi connectivity index (χ3v) is 12.6. The zero-order valence-corrected chi connectivity index (χ0v) is 31.1. The molecule has 3 unspecified atom stereocenters. The number of ether oxygens (including phenoxy) is 1. The summed E-state index contributed by atoms with van der Waals surface area (Å²) in [4.78, 5) is 46.8. The zero-order chi connectivity index (χ0) is 36.4. The van der Waals surface area contributed by atoms with Gasteiger partial charge < -0.3 is 24.9 Å². The van der Waals surface area contributed by atoms with Crippen LogP contribution in [-0.2, 0) is 9.53 Å². The SMILES string of the molecule is COC(=O)NC(C(=O)N1CCC[C@H]1c1ncc(-c2ccc3cc(-c4ccc(-c5cnc([C@@H]6CCCN6C)[nH]5)c5c4C4CCC5C4)ccc3c2)[nH]1)C(C)C. The summed E-state index contributed by atoms with van der Waals surface area (Å²) in [5.74, 6) is 2.92. The summed E-state index contributed by atoms with van der Waals surface area (Å²) in [5, 5.41) is 5.10. The van der Waals surface area contributed by atoms with Crippen molar-refractivity contribution in [1.82, 2.24) is 35.1 Å². The van der Waals surface area contributed by atoms with Gasteiger partial charge in [-0.1, -0.05) is 50.2 Å². The van der Waals surface area contributed by atoms with Gasteiger partial charge in [-0.3, -0.25) is 9.69 Å². The molecular formula is C43H49N7O3. The molecule has 9 rings (SSSR count). The fraction of sp³-hybridized carbons (Fsp3) is 0.442. The molecule has 3 fully saturated rings. The molecule has 2 aromatic heterocycles. The Balaban J connectivity index is 0.975. The molecule has 5 aromatic rings. The predicted molar refractivity (Wildman–Crippen MR) is 206 cm³/mol. The number of aromatic amines is 2. The lowest BCUT2D eigenvalue weighted by atomic mass is 9.82. The predicted octanol–water partition coefficient (Wildman–Crippen LogP) is 8.46. The number of aromatic nitrogens is 4. The number of fused-ring (bicyclic) bond motifs is 6. The van der Waals surface area contributed by atoms with E-state index in [4.69, 9.17) is 14.7 Å². The summed E-state index contributed by atoms with van der Waals surface area (Å²) in [6, 6.07) is 17.7. The van der Waals surface area contributed by atoms with Gasteiger partial charge in [-0.25, -0.2) is 14.8 Å². The Bertz CT molecular complexity index is 2200. The molecule has 10 nitrogen and oxygen atoms in total. The minimum Gasteiger partial charge on any atom is -0.453 e. The number of imidazole rings is 2. The molecule has 1 saturated carbocycles. The molecule has 3 N–H and O–H groups in total. The average molecular weight is 712 g/mol. The van der Waals surface area contributed by atoms with Crippen molar-refractivity contribution in [1.29, 1.82) is 0 Å². The smallest absolute Gasteiger partial charge is 0.407 e. The van der Waals surface area contributed by atoms with Gasteiger partial charge in [-0.05, 0) is 121 Å². The molecule has 4 heterocycles. The number of carbonyl (C=O) groups is 2. The molecule has 5 atom stereocenters. The summed E-state index contributed by atoms with van der Waals surface area (Å²) in [7, 11) is 3.52. The fourth-order valence-corrected chi connectivity index (χ4v) is 9.83. The van der Waals surface area contributed by atoms with Gasteiger partial charge in [0.05, 0.1) is 43.0 Å². The van der Waals surface area contributed by atoms with Crippen molar-refractivity contribution >= 4 is 22.8 Å². The van der Waals surface area contributed by atoms with Crippen molar-refractivity contribution < 1.29 is 14.3 Å². The van der Waals surface area contributed by atoms with Crippen LogP contribution in [0.3, 0.4) is 0 Å². The normalized spacial score (nSPS) is 22.9. The Morgan fingerprint density at radius 2 is 1.42 bits per heavy atom. The Kier molecular flexibility index (Phi) is 8.60. The number of likely N-dealkylation sites (tertiary alicyclic amines) is 2. The third-order valence-electron chi connectivity index (χ3n) is 12.6. The number of nitrogens with zero attached hydrogens (tertiary/aromatic N) is 4. The number of amides is 2. The lowest BCUT2D eigenvalue weighted by Gasteiger charge is -2.30. The summed E-state index contributed by atoms with van der Waals surface area (Å²) in [6.45, 7) is 5.61. The number of hydrogen-bond acceptors (Lipinski definition) is 6. The van der Waals surface area contributed by atoms with E-state index in [-0.39, 0.29) is 17.9 Å². The van der Waals surface area contributed by atoms with Crippen LogP contribution in [0.5, 0.6) is 0 Å². The van der Waals surface area contributed by atoms with Gasteiger partial charge in [0.2, 0.25) is 5.91 Å². The number of nitrogens with one attached hydrogen (secondary N) is 3. The molecule has 53 heavy (non-hydrogen) atoms. The third kappa shape index (κ3) is 5.91. The van der Waals surface area contributed by atoms with Crippen molar-refractivity contribution in [2.45, 2.75) is 88.8 Å². The van der Waals surface area contributed by atoms with Crippen LogP contribution < -0.4 is 5.32 Å². The van der Waals surface area contributed by atoms with Crippen molar-refractivity contribution in [2.24, 2.45) is 5.92 Å². The molecule has 2 saturated heterocycles. The Hall–Kier alpha value is -4.96. The van der Waals surface area contributed by atoms with Crippen LogP contribution in [-0.4, -0.2) is 75.0 Å². The highest BCUT2D eigenvalue weighted by Gasteiger charge is 2.41. The van der Waals surface area contributed by atoms with E-state index in [2.05, 4.69) is 82.0 Å². The number of methoxy groups -OCH3 is 1. The maximum atomic E-state index is 13.6. The van der Waals surface area contributed by atoms with Gasteiger partial charge in [0.1, 0.15) is 17.7 Å². The van der Waals surface area contributed by atoms with Crippen LogP contribution in [0.2, 0.25) is 0 Å². The lowest BCUT2D eigenvalue weighted by molar-refractivity contribution is -0.135. The van der Waals surface area contributed by atoms with Crippen molar-refractivity contribution in [3.8, 4) is 33.6 Å². The van der Waals surface area contributed by atoms with Crippen LogP contribution in [0.1, 0.15) is 105 Å². The molecule has 3 aromatic carbocycles. The average Bonchev–Trinajstić information content (AvgIpc) is 4.03. The van der Waals surface area contributed by atoms with Gasteiger partial charge in [0.15, 0.2) is 0 Å². The first-order chi connectivity index (χ1) is 25.8. The molecule has 10 heteroatoms. The van der Waals surface area contributed by atoms with Crippen molar-refractivity contribution in [2.75, 3.05) is 27.2 Å². The van der Waals surface area contributed by atoms with Crippen LogP contribution in [0.15, 0.2) is 60.9 Å². The van der Waals surface area contributed by atoms with Crippen LogP contribution in [0.4, 0.5) is 4.79 Å². The molecule has 2 aliphatic heterocycles. The second-order valence-electron chi connectivity index (χ2n) is 16.0. The summed E-state index contributed by atoms with van der Waals surface area (Å²) < 4.78 is 4.79. The number of rotatable bonds is 8. The van der Waals surface area contributed by atoms with Crippen LogP contribution in [0, 0.1) is 5.92 Å². The van der Waals surface area contributed by atoms with Crippen LogP contribution >= 0.6 is 0 Å². The molecular weight excluding hydrogens is 663 g/mol. The first kappa shape index (κ1) is 33.8. The van der Waals surface area contributed by atoms with E-state index >= 15 is 0 Å². The zero-order valence-electron chi connectivity index (χ0n) is 31.1. The molecule has 2 aliphatic carbocycles. The molecule has 0 radical (unpaired) electrons. The van der Waals surface area contributed by atoms with Gasteiger partial charge in [-0.2, -0.15) is 0 Å². The van der Waals surface area contributed by atoms with E-state index in [1.54, 1.807) is 11.1 Å². The van der Waals surface area contributed by atoms with Crippen molar-refractivity contribution in [3.05, 3.63) is 83.7 Å². The number of alkyl carbamates (subject to hydrolysis) is 1. The topological polar surface area (TPSA) is 119 Å². The number of hydrogen-bond donors (Lipinski definition) is 3. The van der Waals surface area contributed by atoms with E-state index in [9.17, 15) is 9.59 Å². The number of benzene rings is 3. The Labute approximate surface area is 310 Å². The number of carbonyl (C=O) groups excluding carboxylic acids is 2. The second-order valence-corrected chi connectivity index (χ2v) is 16.0. The molecule has 2 bridgehead atoms. The fourth-order valence-electron chi connectivity index (χ4n) is 9.83. The number of H-pyrrole nitrogens is 2. The van der Waals surface area contributed by atoms with E-state index in [0.717, 1.165) is 54.4 Å². The van der Waals surface area contributed by atoms with E-state index in [0.29, 0.717) is 24.4 Å². The Morgan fingerprint density at radius 1 is 0.792 bits per heavy atom. The van der Waals surface area contributed by atoms with Gasteiger partial charge in [0.25, 0.3) is 0 Å². The largest absolute Gasteiger partial charge is 0.453 e. The molecule has 4 aliphatic rings. The quantitative estimate of drug-likeness (QED) is 0.149. The van der Waals surface area contributed by atoms with E-state index < -0.39 is 12.1 Å². The highest BCUT2D eigenvalue weighted by atomic mass is 16.5. The lowest BCUT2D eigenvalue weighted by Crippen LogP contribution is -2.51. The van der Waals surface area contributed by atoms with Gasteiger partial charge >= 0.3 is 6.09 Å². The maximum Gasteiger partial charge on any atom is 0.407 e. The molecule has 2 amide bonds. The summed E-state index contributed by atoms with van der Waals surface area (Å²) >= 11 is 0. The highest BCUT2D eigenvalue weighted by Crippen LogP contribution is 2.58. The first-order valence-corrected chi connectivity index (χ1v) is 19.4. The van der Waals surface area contributed by atoms with Gasteiger partial charge in [-0.15, -0.1) is 0 Å². The minimum atomic E-state index is -0.662. The standard InChI is InChI=1S/C43H49N7O3/c1-24(2)39(48-43(52)53-4)42(51)50-18-6-8-36(50)41-44-22-33(46-41)28-12-10-25-19-27(11-9-26(25)20-28)31-15-16-32(38-30-14-13-29(21-30)37(31)38)34-23-45-40(47-34)35-7-5-17-49(35)3/h9-12,15-16,19-20,22-24,29-30,35-36,39H,5-8,13-14,17-18,21H2,1-4H3,(H,44,46)(H,45,47)(H,48,52)/t29?,30?,35-,36-,39?/m0/s1. The maximum absolute atomic E-state index is 13.6. The molecule has 0 spiro atoms. The van der Waals surface area contributed by atoms with Crippen molar-refractivity contribution in [3.63, 3.8) is 0 Å². The Morgan fingerprint density at radius 3 is 2.13 bits per heavy atom. The van der Waals surface area contributed by atoms with E-state index in [1.165, 1.54) is 60.3 Å². The first-order valence-electron chi connectivity index (χ1n) is 19.4. The van der Waals surface area contributed by atoms with Gasteiger partial charge in [0, 0.05) is 17.7 Å². The highest BCUT2D eigenvalue weighted by molar-refractivity contribution is 5.92. The monoisotopic (exact) mass is 711 g/mol. The summed E-state index contributed by atoms with van der Waals surface area (Å²) in [6.07, 6.45) is 11.2. The van der Waals surface area contributed by atoms with Crippen LogP contribution in [0.25, 0.3) is 44.4 Å². The van der Waals surface area contributed by atoms with E-state index in [1.807, 2.05) is 24.9 Å². The molecule has 274 valence electrons. The second kappa shape index (κ2) is 13.5. The summed E-state index contributed by atoms with van der Waals surface area (Å²) in [5.41, 5.74) is 10.2.